The third kappa shape index (κ3) is 4.19. The smallest absolute Gasteiger partial charge is 0.430 e. The summed E-state index contributed by atoms with van der Waals surface area (Å²) in [6, 6.07) is 0. The van der Waals surface area contributed by atoms with Crippen molar-refractivity contribution >= 4 is 34.6 Å². The highest BCUT2D eigenvalue weighted by molar-refractivity contribution is 7.13. The maximum atomic E-state index is 11.0. The van der Waals surface area contributed by atoms with Gasteiger partial charge in [0.05, 0.1) is 6.10 Å². The van der Waals surface area contributed by atoms with Gasteiger partial charge in [-0.25, -0.2) is 9.78 Å². The molecule has 1 rings (SSSR count). The Morgan fingerprint density at radius 3 is 2.82 bits per heavy atom. The molecule has 2 N–H and O–H groups in total. The van der Waals surface area contributed by atoms with E-state index in [0.717, 1.165) is 11.3 Å². The standard InChI is InChI=1S/C9H11N3O4S/c1-5(2)15-9(14)16-12-6(3-13)7-4-17-8(10)11-7/h3-5H,1-2H3,(H2,10,11)/b12-6-. The Kier molecular flexibility index (Phi) is 4.58. The number of carbonyl (C=O) groups excluding carboxylic acids is 2. The molecule has 1 aromatic heterocycles. The van der Waals surface area contributed by atoms with Gasteiger partial charge in [-0.2, -0.15) is 0 Å². The topological polar surface area (TPSA) is 104 Å². The molecule has 0 amide bonds. The fraction of sp³-hybridized carbons (Fsp3) is 0.333. The molecule has 0 unspecified atom stereocenters. The molecule has 0 aliphatic carbocycles. The number of thiazole rings is 1. The number of aldehydes is 1. The Morgan fingerprint density at radius 1 is 1.65 bits per heavy atom. The number of hydrogen-bond donors (Lipinski definition) is 1. The van der Waals surface area contributed by atoms with Gasteiger partial charge in [0.1, 0.15) is 5.69 Å². The van der Waals surface area contributed by atoms with E-state index < -0.39 is 6.16 Å². The van der Waals surface area contributed by atoms with Crippen LogP contribution in [0.5, 0.6) is 0 Å². The maximum absolute atomic E-state index is 11.0. The van der Waals surface area contributed by atoms with Gasteiger partial charge in [-0.1, -0.05) is 5.16 Å². The van der Waals surface area contributed by atoms with E-state index in [0.29, 0.717) is 11.4 Å². The number of nitrogens with zero attached hydrogens (tertiary/aromatic N) is 2. The molecule has 0 fully saturated rings. The van der Waals surface area contributed by atoms with Gasteiger partial charge in [-0.15, -0.1) is 11.3 Å². The number of oxime groups is 1. The summed E-state index contributed by atoms with van der Waals surface area (Å²) in [6.07, 6.45) is -0.896. The number of carbonyl (C=O) groups is 2. The fourth-order valence-electron chi connectivity index (χ4n) is 0.834. The van der Waals surface area contributed by atoms with Crippen LogP contribution in [0.15, 0.2) is 10.5 Å². The number of nitrogens with two attached hydrogens (primary N) is 1. The largest absolute Gasteiger partial charge is 0.535 e. The van der Waals surface area contributed by atoms with Crippen molar-refractivity contribution in [2.24, 2.45) is 5.16 Å². The molecule has 0 saturated heterocycles. The Bertz CT molecular complexity index is 441. The number of ether oxygens (including phenoxy) is 1. The number of aromatic nitrogens is 1. The summed E-state index contributed by atoms with van der Waals surface area (Å²) >= 11 is 1.15. The maximum Gasteiger partial charge on any atom is 0.535 e. The summed E-state index contributed by atoms with van der Waals surface area (Å²) in [5.74, 6) is 0. The normalized spacial score (nSPS) is 11.4. The SMILES string of the molecule is CC(C)OC(=O)O/N=C(/C=O)c1csc(N)n1. The minimum Gasteiger partial charge on any atom is -0.430 e. The molecule has 0 aromatic carbocycles. The van der Waals surface area contributed by atoms with Crippen LogP contribution in [-0.2, 0) is 14.4 Å². The molecular formula is C9H11N3O4S. The molecule has 92 valence electrons. The lowest BCUT2D eigenvalue weighted by Crippen LogP contribution is -2.12. The van der Waals surface area contributed by atoms with Crippen LogP contribution in [-0.4, -0.2) is 29.2 Å². The first-order valence-electron chi connectivity index (χ1n) is 4.65. The van der Waals surface area contributed by atoms with Crippen LogP contribution >= 0.6 is 11.3 Å². The van der Waals surface area contributed by atoms with Crippen molar-refractivity contribution in [3.8, 4) is 0 Å². The zero-order valence-electron chi connectivity index (χ0n) is 9.25. The Hall–Kier alpha value is -1.96. The van der Waals surface area contributed by atoms with E-state index >= 15 is 0 Å². The van der Waals surface area contributed by atoms with E-state index in [1.54, 1.807) is 13.8 Å². The lowest BCUT2D eigenvalue weighted by molar-refractivity contribution is -0.102. The number of nitrogen functional groups attached to an aromatic ring is 1. The predicted octanol–water partition coefficient (Wildman–Crippen LogP) is 1.19. The Balaban J connectivity index is 2.68. The molecule has 0 atom stereocenters. The van der Waals surface area contributed by atoms with Gasteiger partial charge in [-0.05, 0) is 13.8 Å². The molecule has 1 heterocycles. The van der Waals surface area contributed by atoms with E-state index in [4.69, 9.17) is 5.73 Å². The van der Waals surface area contributed by atoms with Crippen molar-refractivity contribution in [2.45, 2.75) is 20.0 Å². The van der Waals surface area contributed by atoms with Crippen molar-refractivity contribution in [3.05, 3.63) is 11.1 Å². The molecule has 0 radical (unpaired) electrons. The first kappa shape index (κ1) is 13.1. The van der Waals surface area contributed by atoms with Crippen LogP contribution in [0.3, 0.4) is 0 Å². The van der Waals surface area contributed by atoms with Crippen LogP contribution in [0.4, 0.5) is 9.93 Å². The first-order valence-corrected chi connectivity index (χ1v) is 5.53. The highest BCUT2D eigenvalue weighted by atomic mass is 32.1. The third-order valence-electron chi connectivity index (χ3n) is 1.45. The molecule has 0 spiro atoms. The molecule has 0 bridgehead atoms. The van der Waals surface area contributed by atoms with E-state index in [-0.39, 0.29) is 17.5 Å². The summed E-state index contributed by atoms with van der Waals surface area (Å²) in [7, 11) is 0. The lowest BCUT2D eigenvalue weighted by atomic mass is 10.3. The average molecular weight is 257 g/mol. The van der Waals surface area contributed by atoms with Crippen LogP contribution in [0.2, 0.25) is 0 Å². The van der Waals surface area contributed by atoms with Crippen molar-refractivity contribution in [2.75, 3.05) is 5.73 Å². The highest BCUT2D eigenvalue weighted by Crippen LogP contribution is 2.11. The van der Waals surface area contributed by atoms with Gasteiger partial charge in [0.15, 0.2) is 17.1 Å². The van der Waals surface area contributed by atoms with Crippen molar-refractivity contribution in [3.63, 3.8) is 0 Å². The Labute approximate surface area is 101 Å². The monoisotopic (exact) mass is 257 g/mol. The lowest BCUT2D eigenvalue weighted by Gasteiger charge is -2.04. The molecule has 1 aromatic rings. The van der Waals surface area contributed by atoms with Gasteiger partial charge < -0.3 is 10.5 Å². The number of hydrogen-bond acceptors (Lipinski definition) is 8. The number of anilines is 1. The highest BCUT2D eigenvalue weighted by Gasteiger charge is 2.11. The van der Waals surface area contributed by atoms with Crippen molar-refractivity contribution in [1.29, 1.82) is 0 Å². The molecule has 8 heteroatoms. The minimum atomic E-state index is -0.984. The fourth-order valence-corrected chi connectivity index (χ4v) is 1.39. The molecule has 7 nitrogen and oxygen atoms in total. The second kappa shape index (κ2) is 5.94. The zero-order chi connectivity index (χ0) is 12.8. The van der Waals surface area contributed by atoms with Crippen LogP contribution in [0.1, 0.15) is 19.5 Å². The predicted molar refractivity (Wildman–Crippen MR) is 61.8 cm³/mol. The quantitative estimate of drug-likeness (QED) is 0.285. The third-order valence-corrected chi connectivity index (χ3v) is 2.12. The van der Waals surface area contributed by atoms with E-state index in [1.807, 2.05) is 0 Å². The van der Waals surface area contributed by atoms with Crippen LogP contribution in [0, 0.1) is 0 Å². The van der Waals surface area contributed by atoms with Gasteiger partial charge in [0, 0.05) is 5.38 Å². The van der Waals surface area contributed by atoms with Gasteiger partial charge >= 0.3 is 6.16 Å². The molecule has 0 aliphatic rings. The number of rotatable bonds is 4. The van der Waals surface area contributed by atoms with Crippen LogP contribution in [0.25, 0.3) is 0 Å². The first-order chi connectivity index (χ1) is 8.02. The van der Waals surface area contributed by atoms with E-state index in [1.165, 1.54) is 5.38 Å². The summed E-state index contributed by atoms with van der Waals surface area (Å²) < 4.78 is 4.66. The van der Waals surface area contributed by atoms with Crippen molar-refractivity contribution in [1.82, 2.24) is 4.98 Å². The Morgan fingerprint density at radius 2 is 2.35 bits per heavy atom. The minimum absolute atomic E-state index is 0.126. The molecule has 0 saturated carbocycles. The van der Waals surface area contributed by atoms with Gasteiger partial charge in [0.25, 0.3) is 0 Å². The average Bonchev–Trinajstić information content (AvgIpc) is 2.65. The molecular weight excluding hydrogens is 246 g/mol. The van der Waals surface area contributed by atoms with E-state index in [9.17, 15) is 9.59 Å². The summed E-state index contributed by atoms with van der Waals surface area (Å²) in [5.41, 5.74) is 5.52. The summed E-state index contributed by atoms with van der Waals surface area (Å²) in [4.78, 5) is 29.9. The van der Waals surface area contributed by atoms with Gasteiger partial charge in [0.2, 0.25) is 0 Å². The molecule has 17 heavy (non-hydrogen) atoms. The summed E-state index contributed by atoms with van der Waals surface area (Å²) in [5, 5.41) is 5.16. The van der Waals surface area contributed by atoms with E-state index in [2.05, 4.69) is 19.7 Å². The molecule has 0 aliphatic heterocycles. The second-order valence-corrected chi connectivity index (χ2v) is 4.06. The summed E-state index contributed by atoms with van der Waals surface area (Å²) in [6.45, 7) is 3.32. The van der Waals surface area contributed by atoms with Crippen LogP contribution < -0.4 is 5.73 Å². The zero-order valence-corrected chi connectivity index (χ0v) is 10.1. The van der Waals surface area contributed by atoms with Gasteiger partial charge in [-0.3, -0.25) is 9.63 Å². The van der Waals surface area contributed by atoms with Crippen molar-refractivity contribution < 1.29 is 19.2 Å². The second-order valence-electron chi connectivity index (χ2n) is 3.17.